The van der Waals surface area contributed by atoms with Gasteiger partial charge in [-0.05, 0) is 61.6 Å². The molecule has 6 rings (SSSR count). The van der Waals surface area contributed by atoms with E-state index < -0.39 is 44.1 Å². The molecule has 0 saturated heterocycles. The molecule has 16 heteroatoms. The molecule has 0 radical (unpaired) electrons. The predicted molar refractivity (Wildman–Crippen MR) is 143 cm³/mol. The molecule has 0 amide bonds. The first kappa shape index (κ1) is 28.4. The summed E-state index contributed by atoms with van der Waals surface area (Å²) in [6.45, 7) is 0. The molecule has 220 valence electrons. The zero-order valence-corrected chi connectivity index (χ0v) is 23.8. The highest BCUT2D eigenvalue weighted by atomic mass is 32.2. The number of hydrogen-bond donors (Lipinski definition) is 0. The third kappa shape index (κ3) is 4.66. The first-order chi connectivity index (χ1) is 19.8. The summed E-state index contributed by atoms with van der Waals surface area (Å²) in [4.78, 5) is 18.2. The van der Waals surface area contributed by atoms with Crippen LogP contribution in [0, 0.1) is 11.2 Å². The second-order valence-electron chi connectivity index (χ2n) is 10.3. The smallest absolute Gasteiger partial charge is 0.290 e. The van der Waals surface area contributed by atoms with Crippen molar-refractivity contribution < 1.29 is 30.8 Å². The van der Waals surface area contributed by atoms with Gasteiger partial charge in [0.15, 0.2) is 5.01 Å². The van der Waals surface area contributed by atoms with Gasteiger partial charge in [-0.2, -0.15) is 32.5 Å². The molecule has 0 unspecified atom stereocenters. The molecule has 3 aromatic heterocycles. The van der Waals surface area contributed by atoms with E-state index in [1.165, 1.54) is 26.2 Å². The zero-order valence-electron chi connectivity index (χ0n) is 22.2. The highest BCUT2D eigenvalue weighted by Crippen LogP contribution is 2.52. The SMILES string of the molecule is CN([C@H]1CCC2=Cc3c(cnn3-c3ccc(F)cc3)C[C@]2(C(=O)c2ncc(C(F)(F)F)s2)C1)S(=O)(=O)c1cnn(C)n1. The number of carbonyl (C=O) groups is 1. The molecule has 3 heterocycles. The van der Waals surface area contributed by atoms with Gasteiger partial charge in [-0.25, -0.2) is 22.5 Å². The molecule has 1 fully saturated rings. The largest absolute Gasteiger partial charge is 0.427 e. The van der Waals surface area contributed by atoms with Crippen LogP contribution in [-0.2, 0) is 29.7 Å². The van der Waals surface area contributed by atoms with Crippen LogP contribution in [0.2, 0.25) is 0 Å². The second-order valence-corrected chi connectivity index (χ2v) is 13.3. The van der Waals surface area contributed by atoms with Gasteiger partial charge in [-0.1, -0.05) is 5.57 Å². The van der Waals surface area contributed by atoms with Crippen molar-refractivity contribution in [3.8, 4) is 5.69 Å². The molecule has 2 atom stereocenters. The summed E-state index contributed by atoms with van der Waals surface area (Å²) >= 11 is 0.270. The summed E-state index contributed by atoms with van der Waals surface area (Å²) in [7, 11) is -1.20. The number of aryl methyl sites for hydroxylation is 1. The van der Waals surface area contributed by atoms with Crippen LogP contribution >= 0.6 is 11.3 Å². The molecule has 0 bridgehead atoms. The lowest BCUT2D eigenvalue weighted by atomic mass is 9.61. The minimum Gasteiger partial charge on any atom is -0.290 e. The first-order valence-electron chi connectivity index (χ1n) is 12.8. The lowest BCUT2D eigenvalue weighted by molar-refractivity contribution is -0.134. The van der Waals surface area contributed by atoms with Crippen LogP contribution in [0.4, 0.5) is 17.6 Å². The maximum atomic E-state index is 14.2. The number of thiazole rings is 1. The molecule has 1 saturated carbocycles. The summed E-state index contributed by atoms with van der Waals surface area (Å²) in [5.74, 6) is -1.02. The standard InChI is InChI=1S/C26H23F4N7O3S2/c1-35(42(39,40)22-14-32-36(2)34-22)19-6-3-16-9-20-15(12-33-37(20)18-7-4-17(27)5-8-18)10-25(16,11-19)23(38)24-31-13-21(41-24)26(28,29)30/h4-5,7-9,12-14,19H,3,6,10-11H2,1-2H3/t19-,25-/m0/s1. The molecule has 42 heavy (non-hydrogen) atoms. The number of nitrogens with zero attached hydrogens (tertiary/aromatic N) is 7. The maximum absolute atomic E-state index is 14.2. The number of aromatic nitrogens is 6. The van der Waals surface area contributed by atoms with E-state index in [1.807, 2.05) is 0 Å². The molecule has 10 nitrogen and oxygen atoms in total. The summed E-state index contributed by atoms with van der Waals surface area (Å²) < 4.78 is 83.3. The Hall–Kier alpha value is -3.76. The first-order valence-corrected chi connectivity index (χ1v) is 15.0. The van der Waals surface area contributed by atoms with Gasteiger partial charge in [0.05, 0.1) is 35.4 Å². The Labute approximate surface area is 241 Å². The van der Waals surface area contributed by atoms with Crippen LogP contribution in [0.5, 0.6) is 0 Å². The molecule has 0 spiro atoms. The van der Waals surface area contributed by atoms with E-state index in [9.17, 15) is 30.8 Å². The van der Waals surface area contributed by atoms with Gasteiger partial charge in [-0.3, -0.25) is 4.79 Å². The van der Waals surface area contributed by atoms with Crippen molar-refractivity contribution in [2.75, 3.05) is 7.05 Å². The van der Waals surface area contributed by atoms with Crippen molar-refractivity contribution in [1.82, 2.24) is 34.1 Å². The fourth-order valence-corrected chi connectivity index (χ4v) is 7.78. The lowest BCUT2D eigenvalue weighted by Gasteiger charge is -2.45. The minimum absolute atomic E-state index is 0.00968. The number of fused-ring (bicyclic) bond motifs is 2. The fraction of sp³-hybridized carbons (Fsp3) is 0.346. The zero-order chi connectivity index (χ0) is 30.0. The third-order valence-electron chi connectivity index (χ3n) is 7.86. The Morgan fingerprint density at radius 3 is 2.52 bits per heavy atom. The number of ketones is 1. The van der Waals surface area contributed by atoms with Crippen molar-refractivity contribution in [1.29, 1.82) is 0 Å². The Kier molecular flexibility index (Phi) is 6.69. The average Bonchev–Trinajstić information content (AvgIpc) is 3.71. The van der Waals surface area contributed by atoms with E-state index in [0.717, 1.165) is 15.3 Å². The van der Waals surface area contributed by atoms with Crippen molar-refractivity contribution in [3.63, 3.8) is 0 Å². The van der Waals surface area contributed by atoms with E-state index in [0.29, 0.717) is 41.6 Å². The molecule has 0 N–H and O–H groups in total. The highest BCUT2D eigenvalue weighted by Gasteiger charge is 2.52. The van der Waals surface area contributed by atoms with E-state index in [2.05, 4.69) is 20.3 Å². The van der Waals surface area contributed by atoms with E-state index in [1.54, 1.807) is 29.1 Å². The van der Waals surface area contributed by atoms with E-state index in [-0.39, 0.29) is 34.2 Å². The Bertz CT molecular complexity index is 1830. The van der Waals surface area contributed by atoms with Gasteiger partial charge in [0.1, 0.15) is 10.7 Å². The van der Waals surface area contributed by atoms with Crippen LogP contribution in [-0.4, -0.2) is 61.4 Å². The minimum atomic E-state index is -4.66. The number of halogens is 4. The van der Waals surface area contributed by atoms with Gasteiger partial charge in [0.25, 0.3) is 10.0 Å². The molecule has 2 aliphatic rings. The number of rotatable bonds is 6. The molecule has 0 aliphatic heterocycles. The number of Topliss-reactive ketones (excluding diaryl/α,β-unsaturated/α-hetero) is 1. The van der Waals surface area contributed by atoms with Crippen LogP contribution in [0.1, 0.15) is 45.2 Å². The topological polar surface area (TPSA) is 116 Å². The van der Waals surface area contributed by atoms with Crippen LogP contribution in [0.15, 0.2) is 53.5 Å². The second kappa shape index (κ2) is 9.91. The Balaban J connectivity index is 1.42. The summed E-state index contributed by atoms with van der Waals surface area (Å²) in [6, 6.07) is 5.05. The van der Waals surface area contributed by atoms with E-state index in [4.69, 9.17) is 0 Å². The predicted octanol–water partition coefficient (Wildman–Crippen LogP) is 4.30. The van der Waals surface area contributed by atoms with Crippen LogP contribution in [0.3, 0.4) is 0 Å². The van der Waals surface area contributed by atoms with Gasteiger partial charge in [0.2, 0.25) is 10.8 Å². The van der Waals surface area contributed by atoms with Gasteiger partial charge in [0, 0.05) is 20.1 Å². The van der Waals surface area contributed by atoms with Crippen molar-refractivity contribution in [2.24, 2.45) is 12.5 Å². The lowest BCUT2D eigenvalue weighted by Crippen LogP contribution is -2.49. The molecule has 4 aromatic rings. The quantitative estimate of drug-likeness (QED) is 0.233. The number of hydrogen-bond acceptors (Lipinski definition) is 8. The summed E-state index contributed by atoms with van der Waals surface area (Å²) in [6.07, 6.45) is 1.19. The monoisotopic (exact) mass is 621 g/mol. The number of carbonyl (C=O) groups excluding carboxylic acids is 1. The van der Waals surface area contributed by atoms with Crippen molar-refractivity contribution in [2.45, 2.75) is 42.9 Å². The van der Waals surface area contributed by atoms with Crippen molar-refractivity contribution in [3.05, 3.63) is 75.4 Å². The van der Waals surface area contributed by atoms with Crippen molar-refractivity contribution >= 4 is 33.2 Å². The Morgan fingerprint density at radius 2 is 1.88 bits per heavy atom. The molecule has 2 aliphatic carbocycles. The van der Waals surface area contributed by atoms with E-state index >= 15 is 0 Å². The maximum Gasteiger partial charge on any atom is 0.427 e. The normalized spacial score (nSPS) is 20.7. The average molecular weight is 622 g/mol. The molecular formula is C26H23F4N7O3S2. The number of allylic oxidation sites excluding steroid dienone is 1. The Morgan fingerprint density at radius 1 is 1.14 bits per heavy atom. The van der Waals surface area contributed by atoms with Gasteiger partial charge < -0.3 is 0 Å². The highest BCUT2D eigenvalue weighted by molar-refractivity contribution is 7.89. The molecule has 1 aromatic carbocycles. The summed E-state index contributed by atoms with van der Waals surface area (Å²) in [5.41, 5.74) is 1.18. The third-order valence-corrected chi connectivity index (χ3v) is 10.7. The van der Waals surface area contributed by atoms with Gasteiger partial charge >= 0.3 is 6.18 Å². The fourth-order valence-electron chi connectivity index (χ4n) is 5.69. The molecular weight excluding hydrogens is 598 g/mol. The van der Waals surface area contributed by atoms with Crippen LogP contribution < -0.4 is 0 Å². The summed E-state index contributed by atoms with van der Waals surface area (Å²) in [5, 5.41) is 11.7. The number of benzene rings is 1. The van der Waals surface area contributed by atoms with Crippen LogP contribution in [0.25, 0.3) is 11.8 Å². The number of alkyl halides is 3. The number of sulfonamides is 1. The van der Waals surface area contributed by atoms with Gasteiger partial charge in [-0.15, -0.1) is 16.4 Å².